The third-order valence-electron chi connectivity index (χ3n) is 5.18. The topological polar surface area (TPSA) is 85.2 Å². The fourth-order valence-electron chi connectivity index (χ4n) is 3.65. The van der Waals surface area contributed by atoms with Crippen molar-refractivity contribution in [2.75, 3.05) is 13.2 Å². The van der Waals surface area contributed by atoms with Gasteiger partial charge in [0.1, 0.15) is 24.4 Å². The summed E-state index contributed by atoms with van der Waals surface area (Å²) in [4.78, 5) is 31.4. The van der Waals surface area contributed by atoms with Gasteiger partial charge in [-0.25, -0.2) is 9.78 Å². The number of benzene rings is 1. The van der Waals surface area contributed by atoms with Crippen molar-refractivity contribution >= 4 is 29.2 Å². The van der Waals surface area contributed by atoms with Crippen molar-refractivity contribution in [2.45, 2.75) is 19.0 Å². The van der Waals surface area contributed by atoms with Crippen molar-refractivity contribution in [1.29, 1.82) is 0 Å². The van der Waals surface area contributed by atoms with Gasteiger partial charge in [-0.2, -0.15) is 0 Å². The van der Waals surface area contributed by atoms with E-state index in [1.807, 2.05) is 0 Å². The first-order valence-corrected chi connectivity index (χ1v) is 9.49. The van der Waals surface area contributed by atoms with Gasteiger partial charge in [-0.05, 0) is 36.8 Å². The van der Waals surface area contributed by atoms with Crippen LogP contribution >= 0.6 is 11.6 Å². The number of imidazole rings is 1. The lowest BCUT2D eigenvalue weighted by Crippen LogP contribution is -2.41. The van der Waals surface area contributed by atoms with Crippen molar-refractivity contribution in [2.24, 2.45) is 0 Å². The van der Waals surface area contributed by atoms with Gasteiger partial charge in [0.2, 0.25) is 0 Å². The molecule has 29 heavy (non-hydrogen) atoms. The maximum atomic E-state index is 13.2. The first-order chi connectivity index (χ1) is 13.9. The summed E-state index contributed by atoms with van der Waals surface area (Å²) >= 11 is 6.00. The molecule has 2 aromatic heterocycles. The number of imide groups is 1. The minimum absolute atomic E-state index is 0.0596. The van der Waals surface area contributed by atoms with E-state index >= 15 is 0 Å². The highest BCUT2D eigenvalue weighted by Gasteiger charge is 2.49. The number of carbonyl (C=O) groups is 2. The summed E-state index contributed by atoms with van der Waals surface area (Å²) in [7, 11) is 0. The first-order valence-electron chi connectivity index (χ1n) is 9.11. The molecule has 0 spiro atoms. The van der Waals surface area contributed by atoms with Gasteiger partial charge in [-0.1, -0.05) is 17.7 Å². The maximum absolute atomic E-state index is 13.2. The van der Waals surface area contributed by atoms with Crippen molar-refractivity contribution in [3.05, 3.63) is 59.0 Å². The quantitative estimate of drug-likeness (QED) is 0.668. The number of hydrogen-bond acceptors (Lipinski definition) is 5. The minimum Gasteiger partial charge on any atom is -0.486 e. The SMILES string of the molecule is C[C@@]1(c2ccc3c(c2)OCCO3)NC(=O)N(Cc2cn3cc(Cl)ccc3n2)C1=O. The molecule has 3 aromatic rings. The molecule has 1 fully saturated rings. The number of nitrogens with zero attached hydrogens (tertiary/aromatic N) is 3. The molecular formula is C20H17ClN4O4. The predicted octanol–water partition coefficient (Wildman–Crippen LogP) is 2.73. The number of carbonyl (C=O) groups excluding carboxylic acids is 2. The second kappa shape index (κ2) is 6.38. The Morgan fingerprint density at radius 1 is 1.14 bits per heavy atom. The van der Waals surface area contributed by atoms with Crippen LogP contribution in [0.1, 0.15) is 18.2 Å². The molecule has 0 saturated carbocycles. The summed E-state index contributed by atoms with van der Waals surface area (Å²) < 4.78 is 12.9. The van der Waals surface area contributed by atoms with E-state index in [1.165, 1.54) is 4.90 Å². The normalized spacial score (nSPS) is 21.0. The van der Waals surface area contributed by atoms with E-state index in [1.54, 1.807) is 54.0 Å². The Labute approximate surface area is 171 Å². The molecule has 4 heterocycles. The third kappa shape index (κ3) is 2.87. The van der Waals surface area contributed by atoms with Crippen molar-refractivity contribution in [3.63, 3.8) is 0 Å². The zero-order chi connectivity index (χ0) is 20.2. The number of nitrogens with one attached hydrogen (secondary N) is 1. The Balaban J connectivity index is 1.44. The van der Waals surface area contributed by atoms with Crippen LogP contribution in [0.5, 0.6) is 11.5 Å². The molecule has 2 aliphatic rings. The van der Waals surface area contributed by atoms with Crippen LogP contribution < -0.4 is 14.8 Å². The number of ether oxygens (including phenoxy) is 2. The minimum atomic E-state index is -1.20. The second-order valence-electron chi connectivity index (χ2n) is 7.15. The van der Waals surface area contributed by atoms with E-state index in [2.05, 4.69) is 10.3 Å². The van der Waals surface area contributed by atoms with E-state index in [0.29, 0.717) is 46.6 Å². The zero-order valence-electron chi connectivity index (χ0n) is 15.5. The highest BCUT2D eigenvalue weighted by Crippen LogP contribution is 2.37. The van der Waals surface area contributed by atoms with Crippen molar-refractivity contribution in [1.82, 2.24) is 19.6 Å². The Morgan fingerprint density at radius 2 is 1.93 bits per heavy atom. The molecule has 5 rings (SSSR count). The van der Waals surface area contributed by atoms with Crippen LogP contribution in [0.25, 0.3) is 5.65 Å². The number of urea groups is 1. The molecule has 8 nitrogen and oxygen atoms in total. The number of pyridine rings is 1. The number of rotatable bonds is 3. The average molecular weight is 413 g/mol. The predicted molar refractivity (Wildman–Crippen MR) is 104 cm³/mol. The van der Waals surface area contributed by atoms with Crippen LogP contribution in [-0.4, -0.2) is 39.4 Å². The Kier molecular flexibility index (Phi) is 3.92. The van der Waals surface area contributed by atoms with Crippen LogP contribution in [0.3, 0.4) is 0 Å². The molecule has 1 saturated heterocycles. The summed E-state index contributed by atoms with van der Waals surface area (Å²) in [6, 6.07) is 8.30. The molecule has 1 atom stereocenters. The summed E-state index contributed by atoms with van der Waals surface area (Å²) in [5, 5.41) is 3.37. The average Bonchev–Trinajstić information content (AvgIpc) is 3.21. The van der Waals surface area contributed by atoms with Crippen LogP contribution in [-0.2, 0) is 16.9 Å². The lowest BCUT2D eigenvalue weighted by molar-refractivity contribution is -0.131. The van der Waals surface area contributed by atoms with Gasteiger partial charge < -0.3 is 19.2 Å². The molecule has 0 bridgehead atoms. The molecule has 0 aliphatic carbocycles. The number of fused-ring (bicyclic) bond motifs is 2. The number of aromatic nitrogens is 2. The second-order valence-corrected chi connectivity index (χ2v) is 7.59. The van der Waals surface area contributed by atoms with E-state index < -0.39 is 11.6 Å². The molecule has 1 aromatic carbocycles. The smallest absolute Gasteiger partial charge is 0.325 e. The Hall–Kier alpha value is -3.26. The summed E-state index contributed by atoms with van der Waals surface area (Å²) in [6.07, 6.45) is 3.47. The number of amides is 3. The molecule has 148 valence electrons. The van der Waals surface area contributed by atoms with Gasteiger partial charge in [-0.3, -0.25) is 9.69 Å². The molecule has 0 radical (unpaired) electrons. The summed E-state index contributed by atoms with van der Waals surface area (Å²) in [5.74, 6) is 0.836. The standard InChI is InChI=1S/C20H17ClN4O4/c1-20(12-2-4-15-16(8-12)29-7-6-28-15)18(26)25(19(27)23-20)11-14-10-24-9-13(21)3-5-17(24)22-14/h2-5,8-10H,6-7,11H2,1H3,(H,23,27)/t20-/m0/s1. The number of hydrogen-bond donors (Lipinski definition) is 1. The summed E-state index contributed by atoms with van der Waals surface area (Å²) in [5.41, 5.74) is 0.702. The van der Waals surface area contributed by atoms with Gasteiger partial charge in [0.05, 0.1) is 17.3 Å². The van der Waals surface area contributed by atoms with Gasteiger partial charge >= 0.3 is 6.03 Å². The third-order valence-corrected chi connectivity index (χ3v) is 5.40. The fourth-order valence-corrected chi connectivity index (χ4v) is 3.81. The van der Waals surface area contributed by atoms with E-state index in [0.717, 1.165) is 0 Å². The van der Waals surface area contributed by atoms with Gasteiger partial charge in [-0.15, -0.1) is 0 Å². The van der Waals surface area contributed by atoms with Crippen molar-refractivity contribution in [3.8, 4) is 11.5 Å². The number of halogens is 1. The zero-order valence-corrected chi connectivity index (χ0v) is 16.3. The lowest BCUT2D eigenvalue weighted by Gasteiger charge is -2.25. The van der Waals surface area contributed by atoms with E-state index in [4.69, 9.17) is 21.1 Å². The van der Waals surface area contributed by atoms with Crippen LogP contribution in [0, 0.1) is 0 Å². The molecule has 9 heteroatoms. The highest BCUT2D eigenvalue weighted by molar-refractivity contribution is 6.30. The summed E-state index contributed by atoms with van der Waals surface area (Å²) in [6.45, 7) is 2.67. The molecular weight excluding hydrogens is 396 g/mol. The molecule has 0 unspecified atom stereocenters. The Morgan fingerprint density at radius 3 is 2.76 bits per heavy atom. The first kappa shape index (κ1) is 17.8. The van der Waals surface area contributed by atoms with Crippen LogP contribution in [0.15, 0.2) is 42.7 Å². The lowest BCUT2D eigenvalue weighted by atomic mass is 9.91. The Bertz CT molecular complexity index is 1160. The fraction of sp³-hybridized carbons (Fsp3) is 0.250. The van der Waals surface area contributed by atoms with Crippen LogP contribution in [0.2, 0.25) is 5.02 Å². The maximum Gasteiger partial charge on any atom is 0.325 e. The largest absolute Gasteiger partial charge is 0.486 e. The molecule has 2 aliphatic heterocycles. The monoisotopic (exact) mass is 412 g/mol. The van der Waals surface area contributed by atoms with Gasteiger partial charge in [0.25, 0.3) is 5.91 Å². The highest BCUT2D eigenvalue weighted by atomic mass is 35.5. The van der Waals surface area contributed by atoms with E-state index in [9.17, 15) is 9.59 Å². The van der Waals surface area contributed by atoms with Crippen molar-refractivity contribution < 1.29 is 19.1 Å². The van der Waals surface area contributed by atoms with Crippen LogP contribution in [0.4, 0.5) is 4.79 Å². The van der Waals surface area contributed by atoms with E-state index in [-0.39, 0.29) is 12.5 Å². The van der Waals surface area contributed by atoms with Gasteiger partial charge in [0.15, 0.2) is 11.5 Å². The molecule has 3 amide bonds. The van der Waals surface area contributed by atoms with Gasteiger partial charge in [0, 0.05) is 12.4 Å². The molecule has 1 N–H and O–H groups in total.